The third-order valence-corrected chi connectivity index (χ3v) is 2.15. The first-order valence-corrected chi connectivity index (χ1v) is 4.89. The van der Waals surface area contributed by atoms with Crippen molar-refractivity contribution < 1.29 is 13.9 Å². The van der Waals surface area contributed by atoms with Crippen molar-refractivity contribution >= 4 is 5.69 Å². The Morgan fingerprint density at radius 2 is 2.47 bits per heavy atom. The molecule has 1 aromatic rings. The number of nitrogens with zero attached hydrogens (tertiary/aromatic N) is 1. The molecule has 15 heavy (non-hydrogen) atoms. The highest BCUT2D eigenvalue weighted by Crippen LogP contribution is 2.08. The predicted octanol–water partition coefficient (Wildman–Crippen LogP) is 1.05. The number of hydrogen-bond donors (Lipinski definition) is 1. The Kier molecular flexibility index (Phi) is 3.47. The molecule has 82 valence electrons. The number of ether oxygens (including phenoxy) is 2. The minimum absolute atomic E-state index is 0.0370. The smallest absolute Gasteiger partial charge is 0.214 e. The quantitative estimate of drug-likeness (QED) is 0.760. The first kappa shape index (κ1) is 10.3. The van der Waals surface area contributed by atoms with Gasteiger partial charge in [0.15, 0.2) is 0 Å². The van der Waals surface area contributed by atoms with Gasteiger partial charge in [-0.1, -0.05) is 0 Å². The molecule has 0 saturated carbocycles. The van der Waals surface area contributed by atoms with E-state index in [0.717, 1.165) is 0 Å². The van der Waals surface area contributed by atoms with Gasteiger partial charge in [-0.2, -0.15) is 4.39 Å². The van der Waals surface area contributed by atoms with Crippen molar-refractivity contribution in [2.45, 2.75) is 6.10 Å². The minimum atomic E-state index is -0.485. The molecule has 0 aromatic carbocycles. The number of rotatable bonds is 3. The zero-order valence-corrected chi connectivity index (χ0v) is 8.28. The number of aromatic nitrogens is 1. The summed E-state index contributed by atoms with van der Waals surface area (Å²) < 4.78 is 23.4. The summed E-state index contributed by atoms with van der Waals surface area (Å²) in [5, 5.41) is 3.07. The molecule has 5 heteroatoms. The summed E-state index contributed by atoms with van der Waals surface area (Å²) in [6.45, 7) is 2.47. The van der Waals surface area contributed by atoms with E-state index in [2.05, 4.69) is 10.3 Å². The van der Waals surface area contributed by atoms with Gasteiger partial charge in [-0.15, -0.1) is 0 Å². The summed E-state index contributed by atoms with van der Waals surface area (Å²) in [6, 6.07) is 3.07. The summed E-state index contributed by atoms with van der Waals surface area (Å²) in [6.07, 6.45) is 1.46. The normalized spacial score (nSPS) is 21.3. The predicted molar refractivity (Wildman–Crippen MR) is 53.2 cm³/mol. The molecular formula is C10H13FN2O2. The van der Waals surface area contributed by atoms with Gasteiger partial charge in [0.25, 0.3) is 0 Å². The lowest BCUT2D eigenvalue weighted by atomic mass is 10.3. The number of pyridine rings is 1. The fourth-order valence-corrected chi connectivity index (χ4v) is 1.40. The summed E-state index contributed by atoms with van der Waals surface area (Å²) >= 11 is 0. The average Bonchev–Trinajstić information content (AvgIpc) is 2.28. The van der Waals surface area contributed by atoms with Crippen molar-refractivity contribution in [3.8, 4) is 0 Å². The Balaban J connectivity index is 1.81. The van der Waals surface area contributed by atoms with Crippen LogP contribution in [-0.2, 0) is 9.47 Å². The van der Waals surface area contributed by atoms with Crippen molar-refractivity contribution in [1.29, 1.82) is 0 Å². The maximum Gasteiger partial charge on any atom is 0.214 e. The summed E-state index contributed by atoms with van der Waals surface area (Å²) in [4.78, 5) is 3.47. The molecule has 1 unspecified atom stereocenters. The maximum absolute atomic E-state index is 12.7. The van der Waals surface area contributed by atoms with Gasteiger partial charge in [0.2, 0.25) is 5.95 Å². The number of halogens is 1. The topological polar surface area (TPSA) is 43.4 Å². The van der Waals surface area contributed by atoms with Gasteiger partial charge in [-0.3, -0.25) is 0 Å². The fourth-order valence-electron chi connectivity index (χ4n) is 1.40. The third kappa shape index (κ3) is 3.14. The van der Waals surface area contributed by atoms with Crippen molar-refractivity contribution in [1.82, 2.24) is 4.98 Å². The lowest BCUT2D eigenvalue weighted by molar-refractivity contribution is -0.0818. The molecule has 0 spiro atoms. The van der Waals surface area contributed by atoms with Gasteiger partial charge in [-0.05, 0) is 6.07 Å². The van der Waals surface area contributed by atoms with Crippen LogP contribution in [0.15, 0.2) is 18.3 Å². The molecule has 0 amide bonds. The van der Waals surface area contributed by atoms with Crippen LogP contribution in [0.2, 0.25) is 0 Å². The van der Waals surface area contributed by atoms with Gasteiger partial charge >= 0.3 is 0 Å². The second kappa shape index (κ2) is 5.04. The van der Waals surface area contributed by atoms with Gasteiger partial charge in [0.05, 0.1) is 25.9 Å². The highest BCUT2D eigenvalue weighted by Gasteiger charge is 2.13. The van der Waals surface area contributed by atoms with Crippen LogP contribution in [-0.4, -0.2) is 37.5 Å². The molecule has 0 radical (unpaired) electrons. The molecule has 2 rings (SSSR count). The number of hydrogen-bond acceptors (Lipinski definition) is 4. The van der Waals surface area contributed by atoms with Crippen molar-refractivity contribution in [3.05, 3.63) is 24.3 Å². The lowest BCUT2D eigenvalue weighted by Crippen LogP contribution is -2.34. The van der Waals surface area contributed by atoms with Crippen molar-refractivity contribution in [3.63, 3.8) is 0 Å². The highest BCUT2D eigenvalue weighted by atomic mass is 19.1. The van der Waals surface area contributed by atoms with Crippen molar-refractivity contribution in [2.24, 2.45) is 0 Å². The molecule has 2 heterocycles. The van der Waals surface area contributed by atoms with E-state index in [0.29, 0.717) is 32.1 Å². The third-order valence-electron chi connectivity index (χ3n) is 2.15. The number of nitrogens with one attached hydrogen (secondary N) is 1. The second-order valence-electron chi connectivity index (χ2n) is 3.32. The molecule has 0 aliphatic carbocycles. The Labute approximate surface area is 87.4 Å². The summed E-state index contributed by atoms with van der Waals surface area (Å²) in [5.41, 5.74) is 0.705. The van der Waals surface area contributed by atoms with E-state index >= 15 is 0 Å². The standard InChI is InChI=1S/C10H13FN2O2/c11-10-5-8(1-2-12-10)13-6-9-7-14-3-4-15-9/h1-2,5,9H,3-4,6-7H2,(H,12,13). The summed E-state index contributed by atoms with van der Waals surface area (Å²) in [5.74, 6) is -0.485. The largest absolute Gasteiger partial charge is 0.382 e. The van der Waals surface area contributed by atoms with E-state index in [9.17, 15) is 4.39 Å². The minimum Gasteiger partial charge on any atom is -0.382 e. The molecule has 1 saturated heterocycles. The van der Waals surface area contributed by atoms with E-state index in [1.165, 1.54) is 12.3 Å². The van der Waals surface area contributed by atoms with Crippen LogP contribution in [0.4, 0.5) is 10.1 Å². The lowest BCUT2D eigenvalue weighted by Gasteiger charge is -2.23. The van der Waals surface area contributed by atoms with Crippen LogP contribution in [0.5, 0.6) is 0 Å². The maximum atomic E-state index is 12.7. The van der Waals surface area contributed by atoms with Crippen LogP contribution in [0.3, 0.4) is 0 Å². The molecule has 1 atom stereocenters. The highest BCUT2D eigenvalue weighted by molar-refractivity contribution is 5.41. The molecule has 1 aliphatic heterocycles. The first-order valence-electron chi connectivity index (χ1n) is 4.89. The Bertz CT molecular complexity index is 316. The van der Waals surface area contributed by atoms with Crippen LogP contribution in [0.1, 0.15) is 0 Å². The van der Waals surface area contributed by atoms with Gasteiger partial charge < -0.3 is 14.8 Å². The van der Waals surface area contributed by atoms with Crippen LogP contribution >= 0.6 is 0 Å². The SMILES string of the molecule is Fc1cc(NCC2COCCO2)ccn1. The average molecular weight is 212 g/mol. The van der Waals surface area contributed by atoms with Gasteiger partial charge in [-0.25, -0.2) is 4.98 Å². The van der Waals surface area contributed by atoms with Crippen LogP contribution in [0.25, 0.3) is 0 Å². The van der Waals surface area contributed by atoms with Gasteiger partial charge in [0, 0.05) is 24.5 Å². The van der Waals surface area contributed by atoms with Crippen LogP contribution < -0.4 is 5.32 Å². The van der Waals surface area contributed by atoms with E-state index in [1.54, 1.807) is 6.07 Å². The fraction of sp³-hybridized carbons (Fsp3) is 0.500. The zero-order valence-electron chi connectivity index (χ0n) is 8.28. The van der Waals surface area contributed by atoms with Gasteiger partial charge in [0.1, 0.15) is 0 Å². The first-order chi connectivity index (χ1) is 7.34. The molecule has 1 fully saturated rings. The molecule has 1 aliphatic rings. The second-order valence-corrected chi connectivity index (χ2v) is 3.32. The molecule has 1 aromatic heterocycles. The summed E-state index contributed by atoms with van der Waals surface area (Å²) in [7, 11) is 0. The number of anilines is 1. The monoisotopic (exact) mass is 212 g/mol. The van der Waals surface area contributed by atoms with E-state index in [4.69, 9.17) is 9.47 Å². The van der Waals surface area contributed by atoms with E-state index in [-0.39, 0.29) is 6.10 Å². The van der Waals surface area contributed by atoms with Crippen molar-refractivity contribution in [2.75, 3.05) is 31.7 Å². The van der Waals surface area contributed by atoms with Crippen LogP contribution in [0, 0.1) is 5.95 Å². The Morgan fingerprint density at radius 1 is 1.53 bits per heavy atom. The molecule has 1 N–H and O–H groups in total. The van der Waals surface area contributed by atoms with E-state index < -0.39 is 5.95 Å². The Hall–Kier alpha value is -1.20. The molecule has 0 bridgehead atoms. The Morgan fingerprint density at radius 3 is 3.20 bits per heavy atom. The molecule has 4 nitrogen and oxygen atoms in total. The molecular weight excluding hydrogens is 199 g/mol. The van der Waals surface area contributed by atoms with E-state index in [1.807, 2.05) is 0 Å². The zero-order chi connectivity index (χ0) is 10.5.